The second-order valence-corrected chi connectivity index (χ2v) is 5.29. The molecule has 3 aromatic heterocycles. The van der Waals surface area contributed by atoms with Gasteiger partial charge in [-0.3, -0.25) is 4.79 Å². The summed E-state index contributed by atoms with van der Waals surface area (Å²) < 4.78 is 1.80. The van der Waals surface area contributed by atoms with Crippen molar-refractivity contribution in [3.05, 3.63) is 58.0 Å². The van der Waals surface area contributed by atoms with Crippen molar-refractivity contribution in [2.45, 2.75) is 13.5 Å². The zero-order valence-corrected chi connectivity index (χ0v) is 11.3. The van der Waals surface area contributed by atoms with Gasteiger partial charge < -0.3 is 5.32 Å². The number of aromatic nitrogens is 2. The maximum absolute atomic E-state index is 11.9. The van der Waals surface area contributed by atoms with Crippen LogP contribution in [0.3, 0.4) is 0 Å². The molecule has 0 fully saturated rings. The van der Waals surface area contributed by atoms with Gasteiger partial charge in [-0.1, -0.05) is 6.07 Å². The highest BCUT2D eigenvalue weighted by atomic mass is 32.1. The molecule has 96 valence electrons. The molecule has 3 rings (SSSR count). The van der Waals surface area contributed by atoms with Gasteiger partial charge in [0.2, 0.25) is 0 Å². The molecular formula is C14H13N3OS. The van der Waals surface area contributed by atoms with Gasteiger partial charge in [0.1, 0.15) is 0 Å². The highest BCUT2D eigenvalue weighted by Gasteiger charge is 2.08. The number of rotatable bonds is 3. The van der Waals surface area contributed by atoms with Gasteiger partial charge in [0.15, 0.2) is 0 Å². The third-order valence-corrected chi connectivity index (χ3v) is 3.85. The predicted molar refractivity (Wildman–Crippen MR) is 75.4 cm³/mol. The number of carbonyl (C=O) groups is 1. The lowest BCUT2D eigenvalue weighted by molar-refractivity contribution is 0.0954. The van der Waals surface area contributed by atoms with Crippen LogP contribution in [-0.2, 0) is 6.54 Å². The average molecular weight is 271 g/mol. The molecule has 4 nitrogen and oxygen atoms in total. The summed E-state index contributed by atoms with van der Waals surface area (Å²) in [5.41, 5.74) is 2.99. The van der Waals surface area contributed by atoms with Crippen molar-refractivity contribution in [1.29, 1.82) is 0 Å². The predicted octanol–water partition coefficient (Wildman–Crippen LogP) is 2.63. The first-order chi connectivity index (χ1) is 9.22. The Morgan fingerprint density at radius 2 is 2.32 bits per heavy atom. The fraction of sp³-hybridized carbons (Fsp3) is 0.143. The van der Waals surface area contributed by atoms with E-state index >= 15 is 0 Å². The molecule has 0 aliphatic rings. The van der Waals surface area contributed by atoms with Crippen LogP contribution in [0, 0.1) is 6.92 Å². The van der Waals surface area contributed by atoms with E-state index in [4.69, 9.17) is 0 Å². The van der Waals surface area contributed by atoms with Crippen LogP contribution in [0.15, 0.2) is 41.9 Å². The van der Waals surface area contributed by atoms with E-state index in [1.807, 2.05) is 48.8 Å². The van der Waals surface area contributed by atoms with Crippen molar-refractivity contribution in [1.82, 2.24) is 14.9 Å². The van der Waals surface area contributed by atoms with Crippen molar-refractivity contribution in [2.24, 2.45) is 0 Å². The molecule has 0 unspecified atom stereocenters. The number of aryl methyl sites for hydroxylation is 1. The number of amides is 1. The van der Waals surface area contributed by atoms with Crippen LogP contribution in [0.5, 0.6) is 0 Å². The Bertz CT molecular complexity index is 696. The lowest BCUT2D eigenvalue weighted by Crippen LogP contribution is -2.22. The van der Waals surface area contributed by atoms with Crippen molar-refractivity contribution < 1.29 is 4.79 Å². The summed E-state index contributed by atoms with van der Waals surface area (Å²) in [6, 6.07) is 9.75. The second kappa shape index (κ2) is 4.85. The van der Waals surface area contributed by atoms with E-state index in [-0.39, 0.29) is 5.91 Å². The van der Waals surface area contributed by atoms with Crippen molar-refractivity contribution in [2.75, 3.05) is 0 Å². The largest absolute Gasteiger partial charge is 0.346 e. The topological polar surface area (TPSA) is 46.4 Å². The Hall–Kier alpha value is -2.14. The molecule has 5 heteroatoms. The molecule has 0 bridgehead atoms. The Balaban J connectivity index is 1.70. The highest BCUT2D eigenvalue weighted by Crippen LogP contribution is 2.13. The van der Waals surface area contributed by atoms with E-state index in [1.165, 1.54) is 11.3 Å². The number of nitrogens with zero attached hydrogens (tertiary/aromatic N) is 2. The molecule has 0 aliphatic heterocycles. The highest BCUT2D eigenvalue weighted by molar-refractivity contribution is 7.12. The summed E-state index contributed by atoms with van der Waals surface area (Å²) in [5.74, 6) is -0.0462. The fourth-order valence-electron chi connectivity index (χ4n) is 1.89. The van der Waals surface area contributed by atoms with Crippen LogP contribution in [0.2, 0.25) is 0 Å². The second-order valence-electron chi connectivity index (χ2n) is 4.38. The van der Waals surface area contributed by atoms with Gasteiger partial charge in [-0.05, 0) is 42.1 Å². The third kappa shape index (κ3) is 2.51. The Morgan fingerprint density at radius 3 is 3.05 bits per heavy atom. The zero-order chi connectivity index (χ0) is 13.2. The lowest BCUT2D eigenvalue weighted by atomic mass is 10.3. The van der Waals surface area contributed by atoms with Crippen LogP contribution < -0.4 is 5.32 Å². The first kappa shape index (κ1) is 11.9. The minimum absolute atomic E-state index is 0.0462. The number of hydrogen-bond acceptors (Lipinski definition) is 3. The molecule has 0 radical (unpaired) electrons. The molecule has 0 aromatic carbocycles. The Kier molecular flexibility index (Phi) is 3.05. The molecule has 0 spiro atoms. The van der Waals surface area contributed by atoms with Gasteiger partial charge in [0.25, 0.3) is 5.91 Å². The van der Waals surface area contributed by atoms with Gasteiger partial charge >= 0.3 is 0 Å². The van der Waals surface area contributed by atoms with Gasteiger partial charge in [-0.15, -0.1) is 11.3 Å². The fourth-order valence-corrected chi connectivity index (χ4v) is 2.70. The number of nitrogens with one attached hydrogen (secondary N) is 1. The number of thiophene rings is 1. The maximum atomic E-state index is 11.9. The number of pyridine rings is 1. The van der Waals surface area contributed by atoms with E-state index in [0.29, 0.717) is 6.54 Å². The summed E-state index contributed by atoms with van der Waals surface area (Å²) in [6.07, 6.45) is 1.89. The first-order valence-corrected chi connectivity index (χ1v) is 6.87. The van der Waals surface area contributed by atoms with E-state index in [9.17, 15) is 4.79 Å². The third-order valence-electron chi connectivity index (χ3n) is 2.80. The van der Waals surface area contributed by atoms with Crippen molar-refractivity contribution >= 4 is 22.8 Å². The average Bonchev–Trinajstić information content (AvgIpc) is 3.01. The number of fused-ring (bicyclic) bond motifs is 1. The minimum Gasteiger partial charge on any atom is -0.346 e. The molecule has 3 aromatic rings. The summed E-state index contributed by atoms with van der Waals surface area (Å²) >= 11 is 1.46. The molecule has 0 saturated carbocycles. The smallest absolute Gasteiger partial charge is 0.261 e. The zero-order valence-electron chi connectivity index (χ0n) is 10.5. The molecule has 1 N–H and O–H groups in total. The summed E-state index contributed by atoms with van der Waals surface area (Å²) in [7, 11) is 0. The van der Waals surface area contributed by atoms with E-state index < -0.39 is 0 Å². The molecule has 0 aliphatic carbocycles. The van der Waals surface area contributed by atoms with Crippen LogP contribution in [0.1, 0.15) is 20.9 Å². The van der Waals surface area contributed by atoms with E-state index in [2.05, 4.69) is 10.4 Å². The van der Waals surface area contributed by atoms with Crippen LogP contribution in [0.4, 0.5) is 0 Å². The van der Waals surface area contributed by atoms with Crippen LogP contribution in [0.25, 0.3) is 5.52 Å². The van der Waals surface area contributed by atoms with E-state index in [0.717, 1.165) is 21.7 Å². The van der Waals surface area contributed by atoms with Crippen molar-refractivity contribution in [3.8, 4) is 0 Å². The summed E-state index contributed by atoms with van der Waals surface area (Å²) in [5, 5.41) is 9.25. The normalized spacial score (nSPS) is 10.8. The van der Waals surface area contributed by atoms with Gasteiger partial charge in [-0.25, -0.2) is 4.52 Å². The molecule has 1 amide bonds. The maximum Gasteiger partial charge on any atom is 0.261 e. The summed E-state index contributed by atoms with van der Waals surface area (Å²) in [6.45, 7) is 2.42. The van der Waals surface area contributed by atoms with E-state index in [1.54, 1.807) is 4.52 Å². The molecule has 0 atom stereocenters. The standard InChI is InChI=1S/C14H13N3OS/c1-10-6-13(19-9-10)14(18)15-8-11-7-12-4-2-3-5-17(12)16-11/h2-7,9H,8H2,1H3,(H,15,18). The van der Waals surface area contributed by atoms with Gasteiger partial charge in [-0.2, -0.15) is 5.10 Å². The molecule has 0 saturated heterocycles. The quantitative estimate of drug-likeness (QED) is 0.796. The summed E-state index contributed by atoms with van der Waals surface area (Å²) in [4.78, 5) is 12.6. The lowest BCUT2D eigenvalue weighted by Gasteiger charge is -1.99. The van der Waals surface area contributed by atoms with Crippen LogP contribution in [-0.4, -0.2) is 15.5 Å². The number of carbonyl (C=O) groups excluding carboxylic acids is 1. The Morgan fingerprint density at radius 1 is 1.42 bits per heavy atom. The van der Waals surface area contributed by atoms with Crippen molar-refractivity contribution in [3.63, 3.8) is 0 Å². The molecule has 3 heterocycles. The van der Waals surface area contributed by atoms with Gasteiger partial charge in [0, 0.05) is 6.20 Å². The van der Waals surface area contributed by atoms with Gasteiger partial charge in [0.05, 0.1) is 22.6 Å². The number of hydrogen-bond donors (Lipinski definition) is 1. The monoisotopic (exact) mass is 271 g/mol. The van der Waals surface area contributed by atoms with Crippen LogP contribution >= 0.6 is 11.3 Å². The Labute approximate surface area is 114 Å². The molecule has 19 heavy (non-hydrogen) atoms. The minimum atomic E-state index is -0.0462. The first-order valence-electron chi connectivity index (χ1n) is 5.99. The SMILES string of the molecule is Cc1csc(C(=O)NCc2cc3ccccn3n2)c1. The molecular weight excluding hydrogens is 258 g/mol.